The molecule has 1 saturated carbocycles. The second-order valence-electron chi connectivity index (χ2n) is 7.82. The quantitative estimate of drug-likeness (QED) is 0.896. The van der Waals surface area contributed by atoms with Crippen molar-refractivity contribution in [1.82, 2.24) is 19.9 Å². The van der Waals surface area contributed by atoms with Gasteiger partial charge in [0.1, 0.15) is 11.4 Å². The van der Waals surface area contributed by atoms with Crippen molar-refractivity contribution in [2.45, 2.75) is 51.2 Å². The number of hydrogen-bond acceptors (Lipinski definition) is 5. The highest BCUT2D eigenvalue weighted by atomic mass is 16.3. The van der Waals surface area contributed by atoms with Gasteiger partial charge in [-0.2, -0.15) is 0 Å². The Morgan fingerprint density at radius 3 is 2.46 bits per heavy atom. The summed E-state index contributed by atoms with van der Waals surface area (Å²) in [5, 5.41) is 11.6. The molecule has 4 rings (SSSR count). The highest BCUT2D eigenvalue weighted by Gasteiger charge is 2.52. The van der Waals surface area contributed by atoms with Crippen molar-refractivity contribution in [2.75, 3.05) is 13.1 Å². The normalized spacial score (nSPS) is 28.8. The molecule has 2 aliphatic rings. The molecule has 26 heavy (non-hydrogen) atoms. The summed E-state index contributed by atoms with van der Waals surface area (Å²) in [6, 6.07) is 5.89. The number of aromatic nitrogens is 3. The lowest BCUT2D eigenvalue weighted by Crippen LogP contribution is -2.58. The first kappa shape index (κ1) is 17.6. The van der Waals surface area contributed by atoms with E-state index in [-0.39, 0.29) is 11.8 Å². The number of pyridine rings is 1. The van der Waals surface area contributed by atoms with Crippen molar-refractivity contribution in [1.29, 1.82) is 0 Å². The van der Waals surface area contributed by atoms with E-state index in [4.69, 9.17) is 0 Å². The Kier molecular flexibility index (Phi) is 5.00. The van der Waals surface area contributed by atoms with E-state index in [1.807, 2.05) is 30.6 Å². The first-order valence-electron chi connectivity index (χ1n) is 9.86. The molecule has 2 atom stereocenters. The van der Waals surface area contributed by atoms with Crippen LogP contribution in [-0.2, 0) is 18.6 Å². The maximum atomic E-state index is 11.6. The van der Waals surface area contributed by atoms with Gasteiger partial charge in [-0.15, -0.1) is 0 Å². The van der Waals surface area contributed by atoms with Crippen molar-refractivity contribution in [2.24, 2.45) is 11.8 Å². The van der Waals surface area contributed by atoms with Crippen LogP contribution in [-0.4, -0.2) is 38.0 Å². The average molecular weight is 352 g/mol. The van der Waals surface area contributed by atoms with Gasteiger partial charge >= 0.3 is 0 Å². The summed E-state index contributed by atoms with van der Waals surface area (Å²) in [4.78, 5) is 15.9. The molecule has 2 bridgehead atoms. The summed E-state index contributed by atoms with van der Waals surface area (Å²) < 4.78 is 0. The summed E-state index contributed by atoms with van der Waals surface area (Å²) in [7, 11) is 0. The third kappa shape index (κ3) is 3.26. The summed E-state index contributed by atoms with van der Waals surface area (Å²) in [5.41, 5.74) is 1.23. The molecule has 1 aliphatic carbocycles. The molecular formula is C21H28N4O. The van der Waals surface area contributed by atoms with E-state index in [0.717, 1.165) is 62.4 Å². The SMILES string of the molecule is CCCc1ncc(CN2C[C@H]3CCC[C@H](C2)C3(O)c2ccccn2)cn1. The Morgan fingerprint density at radius 2 is 1.85 bits per heavy atom. The molecule has 5 heteroatoms. The minimum Gasteiger partial charge on any atom is -0.383 e. The minimum absolute atomic E-state index is 0.241. The summed E-state index contributed by atoms with van der Waals surface area (Å²) >= 11 is 0. The largest absolute Gasteiger partial charge is 0.383 e. The number of piperidine rings is 1. The van der Waals surface area contributed by atoms with Crippen molar-refractivity contribution < 1.29 is 5.11 Å². The number of fused-ring (bicyclic) bond motifs is 2. The molecule has 1 saturated heterocycles. The van der Waals surface area contributed by atoms with Crippen LogP contribution in [0.3, 0.4) is 0 Å². The van der Waals surface area contributed by atoms with Crippen LogP contribution in [0.4, 0.5) is 0 Å². The molecule has 5 nitrogen and oxygen atoms in total. The second-order valence-corrected chi connectivity index (χ2v) is 7.82. The molecule has 0 spiro atoms. The highest BCUT2D eigenvalue weighted by molar-refractivity contribution is 5.20. The van der Waals surface area contributed by atoms with Crippen molar-refractivity contribution in [3.63, 3.8) is 0 Å². The van der Waals surface area contributed by atoms with E-state index in [1.165, 1.54) is 6.42 Å². The number of hydrogen-bond donors (Lipinski definition) is 1. The van der Waals surface area contributed by atoms with Crippen molar-refractivity contribution >= 4 is 0 Å². The Labute approximate surface area is 155 Å². The van der Waals surface area contributed by atoms with Crippen molar-refractivity contribution in [3.8, 4) is 0 Å². The van der Waals surface area contributed by atoms with Crippen LogP contribution < -0.4 is 0 Å². The van der Waals surface area contributed by atoms with E-state index >= 15 is 0 Å². The van der Waals surface area contributed by atoms with E-state index < -0.39 is 5.60 Å². The molecule has 0 unspecified atom stereocenters. The predicted octanol–water partition coefficient (Wildman–Crippen LogP) is 2.94. The van der Waals surface area contributed by atoms with Crippen LogP contribution in [0.1, 0.15) is 49.7 Å². The number of rotatable bonds is 5. The first-order chi connectivity index (χ1) is 12.7. The van der Waals surface area contributed by atoms with E-state index in [1.54, 1.807) is 6.20 Å². The molecule has 2 fully saturated rings. The van der Waals surface area contributed by atoms with Crippen LogP contribution >= 0.6 is 0 Å². The number of likely N-dealkylation sites (tertiary alicyclic amines) is 1. The Morgan fingerprint density at radius 1 is 1.12 bits per heavy atom. The van der Waals surface area contributed by atoms with Gasteiger partial charge in [0.05, 0.1) is 5.69 Å². The van der Waals surface area contributed by atoms with Gasteiger partial charge in [-0.3, -0.25) is 9.88 Å². The topological polar surface area (TPSA) is 62.1 Å². The van der Waals surface area contributed by atoms with Crippen LogP contribution in [0.25, 0.3) is 0 Å². The Bertz CT molecular complexity index is 705. The zero-order valence-electron chi connectivity index (χ0n) is 15.5. The number of nitrogens with zero attached hydrogens (tertiary/aromatic N) is 4. The monoisotopic (exact) mass is 352 g/mol. The summed E-state index contributed by atoms with van der Waals surface area (Å²) in [6.07, 6.45) is 11.1. The van der Waals surface area contributed by atoms with Gasteiger partial charge in [-0.25, -0.2) is 9.97 Å². The third-order valence-corrected chi connectivity index (χ3v) is 6.02. The van der Waals surface area contributed by atoms with Crippen LogP contribution in [0, 0.1) is 11.8 Å². The van der Waals surface area contributed by atoms with E-state index in [2.05, 4.69) is 26.8 Å². The molecule has 2 aromatic rings. The number of aliphatic hydroxyl groups is 1. The zero-order chi connectivity index (χ0) is 18.0. The lowest BCUT2D eigenvalue weighted by atomic mass is 9.64. The van der Waals surface area contributed by atoms with Crippen LogP contribution in [0.2, 0.25) is 0 Å². The van der Waals surface area contributed by atoms with Gasteiger partial charge in [-0.1, -0.05) is 19.4 Å². The predicted molar refractivity (Wildman–Crippen MR) is 100 cm³/mol. The number of aryl methyl sites for hydroxylation is 1. The van der Waals surface area contributed by atoms with Crippen molar-refractivity contribution in [3.05, 3.63) is 53.9 Å². The van der Waals surface area contributed by atoms with Gasteiger partial charge in [-0.05, 0) is 31.4 Å². The smallest absolute Gasteiger partial charge is 0.128 e. The fourth-order valence-corrected chi connectivity index (χ4v) is 4.76. The first-order valence-corrected chi connectivity index (χ1v) is 9.86. The molecule has 2 aromatic heterocycles. The van der Waals surface area contributed by atoms with E-state index in [0.29, 0.717) is 0 Å². The van der Waals surface area contributed by atoms with Gasteiger partial charge in [0.25, 0.3) is 0 Å². The maximum absolute atomic E-state index is 11.6. The third-order valence-electron chi connectivity index (χ3n) is 6.02. The molecule has 1 aliphatic heterocycles. The Hall–Kier alpha value is -1.85. The Balaban J connectivity index is 1.49. The zero-order valence-corrected chi connectivity index (χ0v) is 15.5. The highest BCUT2D eigenvalue weighted by Crippen LogP contribution is 2.48. The molecule has 3 heterocycles. The summed E-state index contributed by atoms with van der Waals surface area (Å²) in [5.74, 6) is 1.41. The molecule has 0 radical (unpaired) electrons. The van der Waals surface area contributed by atoms with Gasteiger partial charge in [0.15, 0.2) is 0 Å². The van der Waals surface area contributed by atoms with Gasteiger partial charge in [0.2, 0.25) is 0 Å². The second kappa shape index (κ2) is 7.41. The molecule has 0 amide bonds. The minimum atomic E-state index is -0.780. The van der Waals surface area contributed by atoms with Crippen LogP contribution in [0.15, 0.2) is 36.8 Å². The van der Waals surface area contributed by atoms with Crippen LogP contribution in [0.5, 0.6) is 0 Å². The maximum Gasteiger partial charge on any atom is 0.128 e. The van der Waals surface area contributed by atoms with E-state index in [9.17, 15) is 5.11 Å². The molecule has 1 N–H and O–H groups in total. The standard InChI is InChI=1S/C21H28N4O/c1-2-6-20-23-11-16(12-24-20)13-25-14-17-7-5-8-18(15-25)21(17,26)19-9-3-4-10-22-19/h3-4,9-12,17-18,26H,2,5-8,13-15H2,1H3/t17-,18-/m1/s1. The average Bonchev–Trinajstić information content (AvgIpc) is 2.65. The fraction of sp³-hybridized carbons (Fsp3) is 0.571. The molecule has 138 valence electrons. The van der Waals surface area contributed by atoms with Gasteiger partial charge in [0, 0.05) is 62.0 Å². The fourth-order valence-electron chi connectivity index (χ4n) is 4.76. The molecular weight excluding hydrogens is 324 g/mol. The summed E-state index contributed by atoms with van der Waals surface area (Å²) in [6.45, 7) is 4.81. The lowest BCUT2D eigenvalue weighted by Gasteiger charge is -2.52. The lowest BCUT2D eigenvalue weighted by molar-refractivity contribution is -0.151. The van der Waals surface area contributed by atoms with Gasteiger partial charge < -0.3 is 5.11 Å². The molecule has 0 aromatic carbocycles.